The minimum atomic E-state index is 0.00511. The molecule has 1 fully saturated rings. The molecule has 0 saturated carbocycles. The number of rotatable bonds is 4. The molecule has 1 aliphatic rings. The maximum Gasteiger partial charge on any atom is 0.170 e. The van der Waals surface area contributed by atoms with Gasteiger partial charge in [0.1, 0.15) is 5.82 Å². The molecule has 0 radical (unpaired) electrons. The van der Waals surface area contributed by atoms with Crippen LogP contribution in [0.1, 0.15) is 54.1 Å². The van der Waals surface area contributed by atoms with Crippen molar-refractivity contribution >= 4 is 17.3 Å². The number of thiocarbonyl (C=S) groups is 1. The lowest BCUT2D eigenvalue weighted by Gasteiger charge is -2.31. The van der Waals surface area contributed by atoms with E-state index in [4.69, 9.17) is 12.2 Å². The Morgan fingerprint density at radius 3 is 2.48 bits per heavy atom. The summed E-state index contributed by atoms with van der Waals surface area (Å²) >= 11 is 5.73. The van der Waals surface area contributed by atoms with Gasteiger partial charge in [0.05, 0.1) is 17.8 Å². The summed E-state index contributed by atoms with van der Waals surface area (Å²) in [6.07, 6.45) is 3.71. The molecule has 1 saturated heterocycles. The van der Waals surface area contributed by atoms with E-state index in [0.29, 0.717) is 0 Å². The summed E-state index contributed by atoms with van der Waals surface area (Å²) < 4.78 is 2.23. The maximum absolute atomic E-state index is 5.73. The summed E-state index contributed by atoms with van der Waals surface area (Å²) in [5.74, 6) is 0.949. The molecule has 4 rings (SSSR count). The molecular formula is C23H27N5S. The average molecular weight is 406 g/mol. The van der Waals surface area contributed by atoms with Crippen molar-refractivity contribution < 1.29 is 0 Å². The van der Waals surface area contributed by atoms with Gasteiger partial charge >= 0.3 is 0 Å². The molecule has 3 aromatic heterocycles. The van der Waals surface area contributed by atoms with E-state index >= 15 is 0 Å². The highest BCUT2D eigenvalue weighted by molar-refractivity contribution is 7.80. The molecule has 0 aromatic carbocycles. The zero-order valence-corrected chi connectivity index (χ0v) is 18.4. The molecule has 0 aliphatic carbocycles. The van der Waals surface area contributed by atoms with E-state index in [1.54, 1.807) is 0 Å². The van der Waals surface area contributed by atoms with Crippen molar-refractivity contribution in [1.82, 2.24) is 24.8 Å². The Morgan fingerprint density at radius 1 is 1.03 bits per heavy atom. The van der Waals surface area contributed by atoms with Gasteiger partial charge in [0.25, 0.3) is 0 Å². The van der Waals surface area contributed by atoms with Crippen molar-refractivity contribution in [1.29, 1.82) is 0 Å². The smallest absolute Gasteiger partial charge is 0.170 e. The summed E-state index contributed by atoms with van der Waals surface area (Å²) in [5, 5.41) is 4.30. The highest BCUT2D eigenvalue weighted by Crippen LogP contribution is 2.42. The van der Waals surface area contributed by atoms with Crippen LogP contribution in [0.15, 0.2) is 48.8 Å². The third kappa shape index (κ3) is 3.42. The number of hydrogen-bond acceptors (Lipinski definition) is 3. The lowest BCUT2D eigenvalue weighted by atomic mass is 9.96. The summed E-state index contributed by atoms with van der Waals surface area (Å²) in [4.78, 5) is 11.5. The first kappa shape index (κ1) is 19.6. The van der Waals surface area contributed by atoms with Gasteiger partial charge in [-0.05, 0) is 88.3 Å². The molecule has 0 unspecified atom stereocenters. The van der Waals surface area contributed by atoms with Gasteiger partial charge in [-0.15, -0.1) is 0 Å². The number of pyridine rings is 2. The fourth-order valence-electron chi connectivity index (χ4n) is 4.34. The molecule has 150 valence electrons. The van der Waals surface area contributed by atoms with E-state index in [1.165, 1.54) is 16.8 Å². The molecule has 1 N–H and O–H groups in total. The Balaban J connectivity index is 1.86. The number of hydrogen-bond donors (Lipinski definition) is 1. The fourth-order valence-corrected chi connectivity index (χ4v) is 4.79. The van der Waals surface area contributed by atoms with E-state index in [1.807, 2.05) is 30.6 Å². The Bertz CT molecular complexity index is 1040. The van der Waals surface area contributed by atoms with Crippen molar-refractivity contribution in [2.45, 2.75) is 52.7 Å². The second-order valence-electron chi connectivity index (χ2n) is 7.98. The van der Waals surface area contributed by atoms with Crippen molar-refractivity contribution in [3.8, 4) is 5.82 Å². The van der Waals surface area contributed by atoms with Crippen LogP contribution in [0, 0.1) is 20.8 Å². The second kappa shape index (κ2) is 7.59. The standard InChI is InChI=1S/C23H27N5S/c1-14(2)27-22(21(26-23(27)29)19-8-6-7-10-24-19)18-13-16(4)28(17(18)5)20-12-15(3)9-11-25-20/h6-14,21-22H,1-5H3,(H,26,29)/t21-,22+/m0/s1. The van der Waals surface area contributed by atoms with Gasteiger partial charge in [0.2, 0.25) is 0 Å². The lowest BCUT2D eigenvalue weighted by Crippen LogP contribution is -2.35. The molecule has 6 heteroatoms. The topological polar surface area (TPSA) is 46.0 Å². The number of aryl methyl sites for hydroxylation is 2. The largest absolute Gasteiger partial charge is 0.352 e. The van der Waals surface area contributed by atoms with E-state index < -0.39 is 0 Å². The number of aromatic nitrogens is 3. The van der Waals surface area contributed by atoms with Gasteiger partial charge in [-0.1, -0.05) is 6.07 Å². The van der Waals surface area contributed by atoms with Crippen LogP contribution < -0.4 is 5.32 Å². The van der Waals surface area contributed by atoms with E-state index in [2.05, 4.69) is 77.6 Å². The highest BCUT2D eigenvalue weighted by atomic mass is 32.1. The first-order chi connectivity index (χ1) is 13.9. The third-order valence-corrected chi connectivity index (χ3v) is 5.94. The average Bonchev–Trinajstić information content (AvgIpc) is 3.18. The SMILES string of the molecule is Cc1ccnc(-n2c(C)cc([C@@H]3[C@H](c4ccccn4)NC(=S)N3C(C)C)c2C)c1. The number of nitrogens with one attached hydrogen (secondary N) is 1. The predicted molar refractivity (Wildman–Crippen MR) is 120 cm³/mol. The van der Waals surface area contributed by atoms with E-state index in [9.17, 15) is 0 Å². The number of nitrogens with zero attached hydrogens (tertiary/aromatic N) is 4. The predicted octanol–water partition coefficient (Wildman–Crippen LogP) is 4.57. The quantitative estimate of drug-likeness (QED) is 0.644. The molecule has 3 aromatic rings. The van der Waals surface area contributed by atoms with Crippen molar-refractivity contribution in [2.75, 3.05) is 0 Å². The van der Waals surface area contributed by atoms with Crippen LogP contribution >= 0.6 is 12.2 Å². The van der Waals surface area contributed by atoms with Crippen LogP contribution in [0.5, 0.6) is 0 Å². The molecular weight excluding hydrogens is 378 g/mol. The summed E-state index contributed by atoms with van der Waals surface area (Å²) in [6.45, 7) is 10.8. The van der Waals surface area contributed by atoms with Gasteiger partial charge in [-0.25, -0.2) is 4.98 Å². The molecule has 0 bridgehead atoms. The normalized spacial score (nSPS) is 19.1. The Labute approximate surface area is 177 Å². The molecule has 2 atom stereocenters. The lowest BCUT2D eigenvalue weighted by molar-refractivity contribution is 0.269. The van der Waals surface area contributed by atoms with Crippen LogP contribution in [0.3, 0.4) is 0 Å². The zero-order valence-electron chi connectivity index (χ0n) is 17.5. The van der Waals surface area contributed by atoms with Crippen LogP contribution in [-0.2, 0) is 0 Å². The van der Waals surface area contributed by atoms with Crippen molar-refractivity contribution in [3.05, 3.63) is 77.0 Å². The first-order valence-electron chi connectivity index (χ1n) is 10.00. The van der Waals surface area contributed by atoms with Crippen LogP contribution in [0.2, 0.25) is 0 Å². The minimum absolute atomic E-state index is 0.00511. The second-order valence-corrected chi connectivity index (χ2v) is 8.37. The monoisotopic (exact) mass is 405 g/mol. The van der Waals surface area contributed by atoms with Gasteiger partial charge < -0.3 is 14.8 Å². The van der Waals surface area contributed by atoms with Gasteiger partial charge in [0.15, 0.2) is 5.11 Å². The van der Waals surface area contributed by atoms with E-state index in [0.717, 1.165) is 22.3 Å². The summed E-state index contributed by atoms with van der Waals surface area (Å²) in [7, 11) is 0. The molecule has 1 aliphatic heterocycles. The first-order valence-corrected chi connectivity index (χ1v) is 10.4. The van der Waals surface area contributed by atoms with Crippen LogP contribution in [0.4, 0.5) is 0 Å². The molecule has 0 amide bonds. The third-order valence-electron chi connectivity index (χ3n) is 5.61. The van der Waals surface area contributed by atoms with E-state index in [-0.39, 0.29) is 18.1 Å². The molecule has 29 heavy (non-hydrogen) atoms. The molecule has 5 nitrogen and oxygen atoms in total. The summed E-state index contributed by atoms with van der Waals surface area (Å²) in [6, 6.07) is 12.8. The Kier molecular flexibility index (Phi) is 5.13. The molecule has 4 heterocycles. The van der Waals surface area contributed by atoms with Gasteiger partial charge in [-0.2, -0.15) is 0 Å². The Hall–Kier alpha value is -2.73. The van der Waals surface area contributed by atoms with Gasteiger partial charge in [0, 0.05) is 29.8 Å². The van der Waals surface area contributed by atoms with Crippen molar-refractivity contribution in [2.24, 2.45) is 0 Å². The minimum Gasteiger partial charge on any atom is -0.352 e. The van der Waals surface area contributed by atoms with Crippen LogP contribution in [0.25, 0.3) is 5.82 Å². The summed E-state index contributed by atoms with van der Waals surface area (Å²) in [5.41, 5.74) is 5.80. The zero-order chi connectivity index (χ0) is 20.7. The van der Waals surface area contributed by atoms with Crippen molar-refractivity contribution in [3.63, 3.8) is 0 Å². The highest BCUT2D eigenvalue weighted by Gasteiger charge is 2.42. The van der Waals surface area contributed by atoms with Crippen LogP contribution in [-0.4, -0.2) is 30.6 Å². The maximum atomic E-state index is 5.73. The van der Waals surface area contributed by atoms with Gasteiger partial charge in [-0.3, -0.25) is 4.98 Å². The fraction of sp³-hybridized carbons (Fsp3) is 0.348. The molecule has 0 spiro atoms. The Morgan fingerprint density at radius 2 is 1.83 bits per heavy atom.